The Morgan fingerprint density at radius 1 is 1.39 bits per heavy atom. The summed E-state index contributed by atoms with van der Waals surface area (Å²) in [4.78, 5) is 15.5. The summed E-state index contributed by atoms with van der Waals surface area (Å²) in [7, 11) is 0. The molecule has 1 aromatic heterocycles. The minimum Gasteiger partial charge on any atom is -0.394 e. The number of rotatable bonds is 5. The number of nitrogens with zero attached hydrogens (tertiary/aromatic N) is 2. The van der Waals surface area contributed by atoms with Crippen molar-refractivity contribution in [2.45, 2.75) is 12.5 Å². The Labute approximate surface area is 104 Å². The molecule has 1 amide bonds. The SMILES string of the molecule is O=C(N[C@@H](CO)Cc1ccccc1)c1ncn[nH]1. The molecule has 0 bridgehead atoms. The first-order chi connectivity index (χ1) is 8.79. The summed E-state index contributed by atoms with van der Waals surface area (Å²) in [5, 5.41) is 18.0. The zero-order valence-electron chi connectivity index (χ0n) is 9.71. The molecule has 1 heterocycles. The van der Waals surface area contributed by atoms with E-state index in [4.69, 9.17) is 0 Å². The second kappa shape index (κ2) is 5.92. The van der Waals surface area contributed by atoms with Gasteiger partial charge in [0.05, 0.1) is 12.6 Å². The number of aliphatic hydroxyl groups is 1. The molecule has 0 aliphatic heterocycles. The molecule has 2 rings (SSSR count). The second-order valence-corrected chi connectivity index (χ2v) is 3.88. The van der Waals surface area contributed by atoms with Crippen molar-refractivity contribution in [1.29, 1.82) is 0 Å². The number of hydrogen-bond donors (Lipinski definition) is 3. The van der Waals surface area contributed by atoms with Gasteiger partial charge in [0.2, 0.25) is 5.82 Å². The number of hydrogen-bond acceptors (Lipinski definition) is 4. The van der Waals surface area contributed by atoms with Crippen molar-refractivity contribution in [3.05, 3.63) is 48.0 Å². The molecule has 6 heteroatoms. The van der Waals surface area contributed by atoms with E-state index in [1.165, 1.54) is 6.33 Å². The number of carbonyl (C=O) groups excluding carboxylic acids is 1. The van der Waals surface area contributed by atoms with Gasteiger partial charge in [-0.3, -0.25) is 9.89 Å². The maximum absolute atomic E-state index is 11.7. The van der Waals surface area contributed by atoms with E-state index in [0.717, 1.165) is 5.56 Å². The molecule has 0 aliphatic rings. The Hall–Kier alpha value is -2.21. The highest BCUT2D eigenvalue weighted by Gasteiger charge is 2.15. The Morgan fingerprint density at radius 2 is 2.17 bits per heavy atom. The van der Waals surface area contributed by atoms with Gasteiger partial charge in [0.15, 0.2) is 0 Å². The number of benzene rings is 1. The van der Waals surface area contributed by atoms with Crippen LogP contribution in [0.4, 0.5) is 0 Å². The third-order valence-corrected chi connectivity index (χ3v) is 2.51. The van der Waals surface area contributed by atoms with E-state index in [-0.39, 0.29) is 24.4 Å². The van der Waals surface area contributed by atoms with Gasteiger partial charge >= 0.3 is 0 Å². The Kier molecular flexibility index (Phi) is 4.03. The van der Waals surface area contributed by atoms with Gasteiger partial charge in [-0.05, 0) is 12.0 Å². The molecule has 0 spiro atoms. The van der Waals surface area contributed by atoms with Crippen LogP contribution < -0.4 is 5.32 Å². The molecule has 0 radical (unpaired) electrons. The monoisotopic (exact) mass is 246 g/mol. The van der Waals surface area contributed by atoms with Crippen molar-refractivity contribution in [3.63, 3.8) is 0 Å². The van der Waals surface area contributed by atoms with E-state index in [2.05, 4.69) is 20.5 Å². The topological polar surface area (TPSA) is 90.9 Å². The minimum atomic E-state index is -0.373. The molecule has 0 aliphatic carbocycles. The van der Waals surface area contributed by atoms with Crippen LogP contribution in [0.5, 0.6) is 0 Å². The van der Waals surface area contributed by atoms with Gasteiger partial charge in [-0.15, -0.1) is 0 Å². The molecule has 6 nitrogen and oxygen atoms in total. The van der Waals surface area contributed by atoms with Crippen molar-refractivity contribution in [2.75, 3.05) is 6.61 Å². The van der Waals surface area contributed by atoms with Gasteiger partial charge in [0, 0.05) is 0 Å². The highest BCUT2D eigenvalue weighted by molar-refractivity contribution is 5.90. The molecule has 0 saturated carbocycles. The fourth-order valence-electron chi connectivity index (χ4n) is 1.63. The molecule has 18 heavy (non-hydrogen) atoms. The van der Waals surface area contributed by atoms with Gasteiger partial charge in [0.1, 0.15) is 6.33 Å². The summed E-state index contributed by atoms with van der Waals surface area (Å²) in [6.07, 6.45) is 1.83. The number of aliphatic hydroxyl groups excluding tert-OH is 1. The highest BCUT2D eigenvalue weighted by atomic mass is 16.3. The van der Waals surface area contributed by atoms with Crippen molar-refractivity contribution in [3.8, 4) is 0 Å². The summed E-state index contributed by atoms with van der Waals surface area (Å²) in [6.45, 7) is -0.130. The standard InChI is InChI=1S/C12H14N4O2/c17-7-10(6-9-4-2-1-3-5-9)15-12(18)11-13-8-14-16-11/h1-5,8,10,17H,6-7H2,(H,15,18)(H,13,14,16)/t10-/m1/s1. The zero-order valence-corrected chi connectivity index (χ0v) is 9.71. The van der Waals surface area contributed by atoms with E-state index >= 15 is 0 Å². The molecular formula is C12H14N4O2. The number of nitrogens with one attached hydrogen (secondary N) is 2. The van der Waals surface area contributed by atoms with Crippen LogP contribution in [-0.2, 0) is 6.42 Å². The van der Waals surface area contributed by atoms with Crippen LogP contribution >= 0.6 is 0 Å². The summed E-state index contributed by atoms with van der Waals surface area (Å²) >= 11 is 0. The first-order valence-corrected chi connectivity index (χ1v) is 5.60. The van der Waals surface area contributed by atoms with Crippen LogP contribution in [0.15, 0.2) is 36.7 Å². The van der Waals surface area contributed by atoms with E-state index in [0.29, 0.717) is 6.42 Å². The van der Waals surface area contributed by atoms with E-state index in [9.17, 15) is 9.90 Å². The van der Waals surface area contributed by atoms with E-state index < -0.39 is 0 Å². The third kappa shape index (κ3) is 3.14. The average molecular weight is 246 g/mol. The normalized spacial score (nSPS) is 12.1. The largest absolute Gasteiger partial charge is 0.394 e. The van der Waals surface area contributed by atoms with Gasteiger partial charge in [0.25, 0.3) is 5.91 Å². The summed E-state index contributed by atoms with van der Waals surface area (Å²) in [6, 6.07) is 9.31. The maximum atomic E-state index is 11.7. The van der Waals surface area contributed by atoms with Gasteiger partial charge in [-0.25, -0.2) is 4.98 Å². The van der Waals surface area contributed by atoms with Crippen molar-refractivity contribution in [1.82, 2.24) is 20.5 Å². The van der Waals surface area contributed by atoms with Gasteiger partial charge in [-0.1, -0.05) is 30.3 Å². The first kappa shape index (κ1) is 12.3. The first-order valence-electron chi connectivity index (χ1n) is 5.60. The van der Waals surface area contributed by atoms with Crippen LogP contribution in [0.1, 0.15) is 16.2 Å². The molecule has 1 atom stereocenters. The molecule has 0 unspecified atom stereocenters. The lowest BCUT2D eigenvalue weighted by Crippen LogP contribution is -2.39. The Balaban J connectivity index is 1.96. The van der Waals surface area contributed by atoms with Crippen LogP contribution in [0.25, 0.3) is 0 Å². The van der Waals surface area contributed by atoms with Gasteiger partial charge in [-0.2, -0.15) is 5.10 Å². The fraction of sp³-hybridized carbons (Fsp3) is 0.250. The summed E-state index contributed by atoms with van der Waals surface area (Å²) in [5.74, 6) is -0.232. The molecule has 94 valence electrons. The number of amides is 1. The molecule has 0 fully saturated rings. The summed E-state index contributed by atoms with van der Waals surface area (Å²) < 4.78 is 0. The maximum Gasteiger partial charge on any atom is 0.288 e. The lowest BCUT2D eigenvalue weighted by atomic mass is 10.1. The van der Waals surface area contributed by atoms with Crippen LogP contribution in [0, 0.1) is 0 Å². The predicted octanol–water partition coefficient (Wildman–Crippen LogP) is 0.138. The Bertz CT molecular complexity index is 484. The molecule has 3 N–H and O–H groups in total. The van der Waals surface area contributed by atoms with Crippen LogP contribution in [0.2, 0.25) is 0 Å². The second-order valence-electron chi connectivity index (χ2n) is 3.88. The summed E-state index contributed by atoms with van der Waals surface area (Å²) in [5.41, 5.74) is 1.05. The van der Waals surface area contributed by atoms with Gasteiger partial charge < -0.3 is 10.4 Å². The lowest BCUT2D eigenvalue weighted by Gasteiger charge is -2.15. The Morgan fingerprint density at radius 3 is 2.78 bits per heavy atom. The predicted molar refractivity (Wildman–Crippen MR) is 64.9 cm³/mol. The fourth-order valence-corrected chi connectivity index (χ4v) is 1.63. The number of aromatic amines is 1. The molecular weight excluding hydrogens is 232 g/mol. The van der Waals surface area contributed by atoms with Crippen molar-refractivity contribution < 1.29 is 9.90 Å². The molecule has 0 saturated heterocycles. The number of aromatic nitrogens is 3. The lowest BCUT2D eigenvalue weighted by molar-refractivity contribution is 0.0906. The van der Waals surface area contributed by atoms with Crippen molar-refractivity contribution >= 4 is 5.91 Å². The smallest absolute Gasteiger partial charge is 0.288 e. The van der Waals surface area contributed by atoms with E-state index in [1.54, 1.807) is 0 Å². The average Bonchev–Trinajstić information content (AvgIpc) is 2.93. The zero-order chi connectivity index (χ0) is 12.8. The quantitative estimate of drug-likeness (QED) is 0.699. The number of carbonyl (C=O) groups is 1. The molecule has 1 aromatic carbocycles. The van der Waals surface area contributed by atoms with Crippen LogP contribution in [-0.4, -0.2) is 38.8 Å². The molecule has 2 aromatic rings. The highest BCUT2D eigenvalue weighted by Crippen LogP contribution is 2.03. The third-order valence-electron chi connectivity index (χ3n) is 2.51. The van der Waals surface area contributed by atoms with Crippen molar-refractivity contribution in [2.24, 2.45) is 0 Å². The van der Waals surface area contributed by atoms with Crippen LogP contribution in [0.3, 0.4) is 0 Å². The van der Waals surface area contributed by atoms with E-state index in [1.807, 2.05) is 30.3 Å². The number of H-pyrrole nitrogens is 1. The minimum absolute atomic E-state index is 0.130.